The molecule has 2 atom stereocenters. The van der Waals surface area contributed by atoms with E-state index >= 15 is 0 Å². The van der Waals surface area contributed by atoms with E-state index in [-0.39, 0.29) is 18.1 Å². The normalized spacial score (nSPS) is 23.3. The third-order valence-corrected chi connectivity index (χ3v) is 6.25. The zero-order valence-corrected chi connectivity index (χ0v) is 17.4. The maximum absolute atomic E-state index is 12.4. The minimum Gasteiger partial charge on any atom is -0.372 e. The smallest absolute Gasteiger partial charge is 0.230 e. The summed E-state index contributed by atoms with van der Waals surface area (Å²) in [5.41, 5.74) is 1.74. The highest BCUT2D eigenvalue weighted by Gasteiger charge is 2.26. The van der Waals surface area contributed by atoms with Crippen LogP contribution in [-0.2, 0) is 9.53 Å². The van der Waals surface area contributed by atoms with E-state index in [9.17, 15) is 4.79 Å². The fraction of sp³-hybridized carbons (Fsp3) is 0.571. The van der Waals surface area contributed by atoms with Crippen LogP contribution < -0.4 is 10.2 Å². The number of hydrogen-bond acceptors (Lipinski definition) is 6. The second kappa shape index (κ2) is 8.66. The van der Waals surface area contributed by atoms with E-state index in [4.69, 9.17) is 14.7 Å². The minimum absolute atomic E-state index is 0.0847. The predicted octanol–water partition coefficient (Wildman–Crippen LogP) is 3.39. The molecule has 1 saturated heterocycles. The van der Waals surface area contributed by atoms with Crippen molar-refractivity contribution in [2.24, 2.45) is 0 Å². The number of rotatable bonds is 5. The number of nitrogens with zero attached hydrogens (tertiary/aromatic N) is 3. The quantitative estimate of drug-likeness (QED) is 0.776. The molecule has 1 aliphatic carbocycles. The van der Waals surface area contributed by atoms with Gasteiger partial charge in [-0.3, -0.25) is 4.79 Å². The van der Waals surface area contributed by atoms with Gasteiger partial charge in [0.25, 0.3) is 0 Å². The van der Waals surface area contributed by atoms with Gasteiger partial charge in [0, 0.05) is 19.1 Å². The van der Waals surface area contributed by atoms with Gasteiger partial charge in [0.05, 0.1) is 29.0 Å². The number of ether oxygens (including phenoxy) is 1. The highest BCUT2D eigenvalue weighted by molar-refractivity contribution is 8.00. The molecular weight excluding hydrogens is 372 g/mol. The van der Waals surface area contributed by atoms with Gasteiger partial charge in [-0.25, -0.2) is 9.97 Å². The number of nitrogens with one attached hydrogen (secondary N) is 1. The van der Waals surface area contributed by atoms with E-state index in [1.807, 2.05) is 24.3 Å². The highest BCUT2D eigenvalue weighted by Crippen LogP contribution is 2.31. The number of benzene rings is 1. The number of carbonyl (C=O) groups is 1. The van der Waals surface area contributed by atoms with Crippen LogP contribution in [-0.4, -0.2) is 53.0 Å². The van der Waals surface area contributed by atoms with E-state index in [1.54, 1.807) is 0 Å². The lowest BCUT2D eigenvalue weighted by atomic mass is 10.2. The molecule has 1 aliphatic heterocycles. The fourth-order valence-electron chi connectivity index (χ4n) is 4.10. The maximum Gasteiger partial charge on any atom is 0.230 e. The van der Waals surface area contributed by atoms with Gasteiger partial charge >= 0.3 is 0 Å². The molecule has 1 amide bonds. The molecule has 0 radical (unpaired) electrons. The van der Waals surface area contributed by atoms with Gasteiger partial charge in [-0.15, -0.1) is 0 Å². The van der Waals surface area contributed by atoms with Crippen molar-refractivity contribution in [3.8, 4) is 0 Å². The third kappa shape index (κ3) is 4.58. The molecular formula is C21H28N4O2S. The zero-order valence-electron chi connectivity index (χ0n) is 16.6. The maximum atomic E-state index is 12.4. The molecule has 7 heteroatoms. The summed E-state index contributed by atoms with van der Waals surface area (Å²) in [4.78, 5) is 24.4. The molecule has 0 spiro atoms. The number of morpholine rings is 1. The molecule has 1 aromatic heterocycles. The summed E-state index contributed by atoms with van der Waals surface area (Å²) in [5, 5.41) is 3.98. The van der Waals surface area contributed by atoms with Gasteiger partial charge < -0.3 is 15.0 Å². The summed E-state index contributed by atoms with van der Waals surface area (Å²) in [6.07, 6.45) is 4.90. The third-order valence-electron chi connectivity index (χ3n) is 5.30. The molecule has 28 heavy (non-hydrogen) atoms. The van der Waals surface area contributed by atoms with E-state index < -0.39 is 0 Å². The zero-order chi connectivity index (χ0) is 19.5. The second-order valence-electron chi connectivity index (χ2n) is 7.84. The Labute approximate surface area is 170 Å². The number of hydrogen-bond donors (Lipinski definition) is 1. The number of fused-ring (bicyclic) bond motifs is 1. The first-order valence-electron chi connectivity index (χ1n) is 10.2. The van der Waals surface area contributed by atoms with E-state index in [0.717, 1.165) is 47.8 Å². The molecule has 150 valence electrons. The van der Waals surface area contributed by atoms with Crippen molar-refractivity contribution in [2.45, 2.75) is 62.8 Å². The molecule has 1 saturated carbocycles. The van der Waals surface area contributed by atoms with Gasteiger partial charge in [0.1, 0.15) is 5.03 Å². The molecule has 1 N–H and O–H groups in total. The van der Waals surface area contributed by atoms with Crippen LogP contribution >= 0.6 is 11.8 Å². The lowest BCUT2D eigenvalue weighted by molar-refractivity contribution is -0.119. The average molecular weight is 401 g/mol. The van der Waals surface area contributed by atoms with Crippen LogP contribution in [0.1, 0.15) is 39.5 Å². The lowest BCUT2D eigenvalue weighted by Crippen LogP contribution is -2.46. The first-order valence-corrected chi connectivity index (χ1v) is 11.2. The summed E-state index contributed by atoms with van der Waals surface area (Å²) < 4.78 is 5.88. The number of para-hydroxylation sites is 2. The molecule has 2 heterocycles. The highest BCUT2D eigenvalue weighted by atomic mass is 32.2. The number of carbonyl (C=O) groups excluding carboxylic acids is 1. The van der Waals surface area contributed by atoms with Crippen LogP contribution in [0.3, 0.4) is 0 Å². The number of anilines is 1. The number of aromatic nitrogens is 2. The minimum atomic E-state index is 0.0847. The number of thioether (sulfide) groups is 1. The fourth-order valence-corrected chi connectivity index (χ4v) is 4.92. The Kier molecular flexibility index (Phi) is 6.01. The molecule has 2 aromatic rings. The van der Waals surface area contributed by atoms with Crippen LogP contribution in [0.4, 0.5) is 5.82 Å². The Hall–Kier alpha value is -1.86. The lowest BCUT2D eigenvalue weighted by Gasteiger charge is -2.36. The first-order chi connectivity index (χ1) is 13.6. The van der Waals surface area contributed by atoms with E-state index in [0.29, 0.717) is 11.8 Å². The van der Waals surface area contributed by atoms with Crippen molar-refractivity contribution in [3.63, 3.8) is 0 Å². The van der Waals surface area contributed by atoms with Crippen molar-refractivity contribution in [1.29, 1.82) is 0 Å². The predicted molar refractivity (Wildman–Crippen MR) is 113 cm³/mol. The molecule has 2 fully saturated rings. The van der Waals surface area contributed by atoms with Gasteiger partial charge in [0.2, 0.25) is 5.91 Å². The summed E-state index contributed by atoms with van der Waals surface area (Å²) in [6, 6.07) is 8.25. The van der Waals surface area contributed by atoms with Crippen LogP contribution in [0.2, 0.25) is 0 Å². The monoisotopic (exact) mass is 400 g/mol. The summed E-state index contributed by atoms with van der Waals surface area (Å²) in [7, 11) is 0. The van der Waals surface area contributed by atoms with Crippen LogP contribution in [0.5, 0.6) is 0 Å². The van der Waals surface area contributed by atoms with Crippen molar-refractivity contribution >= 4 is 34.5 Å². The number of amides is 1. The van der Waals surface area contributed by atoms with Crippen LogP contribution in [0.25, 0.3) is 11.0 Å². The van der Waals surface area contributed by atoms with Gasteiger partial charge in [-0.1, -0.05) is 36.7 Å². The average Bonchev–Trinajstić information content (AvgIpc) is 3.18. The Morgan fingerprint density at radius 2 is 1.79 bits per heavy atom. The topological polar surface area (TPSA) is 67.4 Å². The summed E-state index contributed by atoms with van der Waals surface area (Å²) in [5.74, 6) is 1.31. The summed E-state index contributed by atoms with van der Waals surface area (Å²) >= 11 is 1.48. The molecule has 0 bridgehead atoms. The Balaban J connectivity index is 1.55. The van der Waals surface area contributed by atoms with Crippen LogP contribution in [0.15, 0.2) is 29.3 Å². The molecule has 6 nitrogen and oxygen atoms in total. The van der Waals surface area contributed by atoms with Gasteiger partial charge in [0.15, 0.2) is 5.82 Å². The summed E-state index contributed by atoms with van der Waals surface area (Å²) in [6.45, 7) is 5.72. The van der Waals surface area contributed by atoms with Gasteiger partial charge in [-0.05, 0) is 38.8 Å². The first kappa shape index (κ1) is 19.5. The molecule has 4 rings (SSSR count). The van der Waals surface area contributed by atoms with Crippen LogP contribution in [0, 0.1) is 0 Å². The van der Waals surface area contributed by atoms with E-state index in [1.165, 1.54) is 24.6 Å². The Morgan fingerprint density at radius 1 is 1.14 bits per heavy atom. The second-order valence-corrected chi connectivity index (χ2v) is 8.80. The van der Waals surface area contributed by atoms with Crippen molar-refractivity contribution in [1.82, 2.24) is 15.3 Å². The molecule has 1 aromatic carbocycles. The standard InChI is InChI=1S/C21H28N4O2S/c1-14-11-25(12-15(2)27-14)20-21(24-18-10-6-5-9-17(18)23-20)28-13-19(26)22-16-7-3-4-8-16/h5-6,9-10,14-16H,3-4,7-8,11-13H2,1-2H3,(H,22,26). The Morgan fingerprint density at radius 3 is 2.46 bits per heavy atom. The van der Waals surface area contributed by atoms with Crippen molar-refractivity contribution in [3.05, 3.63) is 24.3 Å². The Bertz CT molecular complexity index is 830. The molecule has 2 unspecified atom stereocenters. The van der Waals surface area contributed by atoms with Crippen molar-refractivity contribution < 1.29 is 9.53 Å². The van der Waals surface area contributed by atoms with E-state index in [2.05, 4.69) is 24.1 Å². The van der Waals surface area contributed by atoms with Gasteiger partial charge in [-0.2, -0.15) is 0 Å². The largest absolute Gasteiger partial charge is 0.372 e. The van der Waals surface area contributed by atoms with Crippen molar-refractivity contribution in [2.75, 3.05) is 23.7 Å². The molecule has 2 aliphatic rings. The SMILES string of the molecule is CC1CN(c2nc3ccccc3nc2SCC(=O)NC2CCCC2)CC(C)O1.